The van der Waals surface area contributed by atoms with E-state index in [-0.39, 0.29) is 34.5 Å². The van der Waals surface area contributed by atoms with E-state index in [2.05, 4.69) is 5.32 Å². The Bertz CT molecular complexity index is 1080. The first kappa shape index (κ1) is 23.4. The molecule has 7 nitrogen and oxygen atoms in total. The van der Waals surface area contributed by atoms with Crippen molar-refractivity contribution in [3.63, 3.8) is 0 Å². The van der Waals surface area contributed by atoms with Crippen LogP contribution in [0.15, 0.2) is 59.5 Å². The maximum absolute atomic E-state index is 13.0. The Morgan fingerprint density at radius 2 is 1.45 bits per heavy atom. The van der Waals surface area contributed by atoms with E-state index >= 15 is 0 Å². The van der Waals surface area contributed by atoms with Gasteiger partial charge in [0.2, 0.25) is 15.9 Å². The number of piperidine rings is 2. The van der Waals surface area contributed by atoms with Crippen LogP contribution in [0, 0.1) is 11.7 Å². The Kier molecular flexibility index (Phi) is 7.09. The Labute approximate surface area is 193 Å². The Balaban J connectivity index is 1.25. The highest BCUT2D eigenvalue weighted by Crippen LogP contribution is 2.26. The van der Waals surface area contributed by atoms with E-state index < -0.39 is 10.0 Å². The predicted molar refractivity (Wildman–Crippen MR) is 121 cm³/mol. The second-order valence-corrected chi connectivity index (χ2v) is 10.5. The van der Waals surface area contributed by atoms with Crippen LogP contribution in [0.5, 0.6) is 0 Å². The zero-order chi connectivity index (χ0) is 23.4. The number of benzene rings is 2. The Morgan fingerprint density at radius 1 is 0.848 bits per heavy atom. The number of nitrogens with one attached hydrogen (secondary N) is 1. The maximum atomic E-state index is 13.0. The minimum atomic E-state index is -3.53. The summed E-state index contributed by atoms with van der Waals surface area (Å²) in [4.78, 5) is 27.4. The predicted octanol–water partition coefficient (Wildman–Crippen LogP) is 2.65. The van der Waals surface area contributed by atoms with Gasteiger partial charge in [0, 0.05) is 43.7 Å². The van der Waals surface area contributed by atoms with E-state index in [1.807, 2.05) is 4.90 Å². The van der Waals surface area contributed by atoms with E-state index in [1.165, 1.54) is 28.6 Å². The monoisotopic (exact) mass is 473 g/mol. The molecule has 2 aromatic rings. The van der Waals surface area contributed by atoms with E-state index in [0.29, 0.717) is 57.4 Å². The molecule has 0 radical (unpaired) electrons. The molecule has 0 unspecified atom stereocenters. The molecule has 176 valence electrons. The van der Waals surface area contributed by atoms with Gasteiger partial charge in [-0.15, -0.1) is 0 Å². The summed E-state index contributed by atoms with van der Waals surface area (Å²) in [6.45, 7) is 1.76. The molecule has 2 fully saturated rings. The van der Waals surface area contributed by atoms with Crippen LogP contribution >= 0.6 is 0 Å². The molecule has 2 amide bonds. The first-order valence-electron chi connectivity index (χ1n) is 11.2. The van der Waals surface area contributed by atoms with Gasteiger partial charge in [-0.25, -0.2) is 12.8 Å². The smallest absolute Gasteiger partial charge is 0.251 e. The molecule has 33 heavy (non-hydrogen) atoms. The van der Waals surface area contributed by atoms with Gasteiger partial charge in [0.25, 0.3) is 5.91 Å². The fourth-order valence-corrected chi connectivity index (χ4v) is 5.95. The van der Waals surface area contributed by atoms with Gasteiger partial charge in [-0.3, -0.25) is 9.59 Å². The van der Waals surface area contributed by atoms with E-state index in [9.17, 15) is 22.4 Å². The van der Waals surface area contributed by atoms with Crippen LogP contribution in [-0.2, 0) is 14.8 Å². The second-order valence-electron chi connectivity index (χ2n) is 8.57. The summed E-state index contributed by atoms with van der Waals surface area (Å²) in [6.07, 6.45) is 2.32. The number of carbonyl (C=O) groups excluding carboxylic acids is 2. The van der Waals surface area contributed by atoms with Crippen molar-refractivity contribution in [2.45, 2.75) is 36.6 Å². The molecule has 0 spiro atoms. The molecule has 0 atom stereocenters. The molecular formula is C24H28FN3O4S. The highest BCUT2D eigenvalue weighted by atomic mass is 32.2. The number of hydrogen-bond donors (Lipinski definition) is 1. The molecule has 9 heteroatoms. The van der Waals surface area contributed by atoms with Crippen LogP contribution in [0.2, 0.25) is 0 Å². The van der Waals surface area contributed by atoms with Crippen molar-refractivity contribution < 1.29 is 22.4 Å². The fraction of sp³-hybridized carbons (Fsp3) is 0.417. The first-order valence-corrected chi connectivity index (χ1v) is 12.7. The quantitative estimate of drug-likeness (QED) is 0.723. The summed E-state index contributed by atoms with van der Waals surface area (Å²) in [5.41, 5.74) is 0.409. The van der Waals surface area contributed by atoms with Crippen LogP contribution < -0.4 is 5.32 Å². The van der Waals surface area contributed by atoms with E-state index in [4.69, 9.17) is 0 Å². The number of carbonyl (C=O) groups is 2. The minimum Gasteiger partial charge on any atom is -0.349 e. The lowest BCUT2D eigenvalue weighted by molar-refractivity contribution is -0.137. The third-order valence-electron chi connectivity index (χ3n) is 6.43. The number of halogens is 1. The molecule has 2 heterocycles. The van der Waals surface area contributed by atoms with Gasteiger partial charge in [-0.1, -0.05) is 18.2 Å². The third kappa shape index (κ3) is 5.42. The molecule has 2 aromatic carbocycles. The first-order chi connectivity index (χ1) is 15.8. The Hall–Kier alpha value is -2.78. The molecule has 0 aliphatic carbocycles. The standard InChI is InChI=1S/C24H28FN3O4S/c25-20-8-6-18(7-9-20)23(29)26-21-12-14-27(15-13-21)24(30)19-10-16-28(17-11-19)33(31,32)22-4-2-1-3-5-22/h1-9,19,21H,10-17H2,(H,26,29). The summed E-state index contributed by atoms with van der Waals surface area (Å²) >= 11 is 0. The Morgan fingerprint density at radius 3 is 2.06 bits per heavy atom. The molecule has 2 aliphatic rings. The molecule has 0 bridgehead atoms. The molecule has 4 rings (SSSR count). The van der Waals surface area contributed by atoms with Crippen LogP contribution in [0.4, 0.5) is 4.39 Å². The van der Waals surface area contributed by atoms with Crippen molar-refractivity contribution in [1.29, 1.82) is 0 Å². The number of sulfonamides is 1. The zero-order valence-corrected chi connectivity index (χ0v) is 19.1. The third-order valence-corrected chi connectivity index (χ3v) is 8.35. The van der Waals surface area contributed by atoms with Crippen LogP contribution in [0.25, 0.3) is 0 Å². The second kappa shape index (κ2) is 10.0. The van der Waals surface area contributed by atoms with Crippen molar-refractivity contribution in [3.8, 4) is 0 Å². The summed E-state index contributed by atoms with van der Waals surface area (Å²) in [6, 6.07) is 13.7. The van der Waals surface area contributed by atoms with Crippen molar-refractivity contribution in [2.24, 2.45) is 5.92 Å². The number of amides is 2. The van der Waals surface area contributed by atoms with Gasteiger partial charge in [0.1, 0.15) is 5.82 Å². The molecule has 2 saturated heterocycles. The minimum absolute atomic E-state index is 0.0375. The number of rotatable bonds is 5. The van der Waals surface area contributed by atoms with Gasteiger partial charge >= 0.3 is 0 Å². The lowest BCUT2D eigenvalue weighted by atomic mass is 9.94. The van der Waals surface area contributed by atoms with Gasteiger partial charge in [0.15, 0.2) is 0 Å². The molecular weight excluding hydrogens is 445 g/mol. The van der Waals surface area contributed by atoms with Gasteiger partial charge in [0.05, 0.1) is 4.90 Å². The average molecular weight is 474 g/mol. The average Bonchev–Trinajstić information content (AvgIpc) is 2.85. The van der Waals surface area contributed by atoms with Crippen molar-refractivity contribution >= 4 is 21.8 Å². The molecule has 0 saturated carbocycles. The van der Waals surface area contributed by atoms with Crippen LogP contribution in [-0.4, -0.2) is 61.7 Å². The molecule has 1 N–H and O–H groups in total. The van der Waals surface area contributed by atoms with Gasteiger partial charge < -0.3 is 10.2 Å². The number of likely N-dealkylation sites (tertiary alicyclic amines) is 1. The van der Waals surface area contributed by atoms with Gasteiger partial charge in [-0.05, 0) is 62.1 Å². The molecule has 0 aromatic heterocycles. The highest BCUT2D eigenvalue weighted by molar-refractivity contribution is 7.89. The van der Waals surface area contributed by atoms with E-state index in [1.54, 1.807) is 30.3 Å². The summed E-state index contributed by atoms with van der Waals surface area (Å²) < 4.78 is 40.1. The molecule has 2 aliphatic heterocycles. The van der Waals surface area contributed by atoms with Crippen LogP contribution in [0.3, 0.4) is 0 Å². The summed E-state index contributed by atoms with van der Waals surface area (Å²) in [7, 11) is -3.53. The SMILES string of the molecule is O=C(NC1CCN(C(=O)C2CCN(S(=O)(=O)c3ccccc3)CC2)CC1)c1ccc(F)cc1. The van der Waals surface area contributed by atoms with Gasteiger partial charge in [-0.2, -0.15) is 4.31 Å². The highest BCUT2D eigenvalue weighted by Gasteiger charge is 2.35. The van der Waals surface area contributed by atoms with Crippen molar-refractivity contribution in [2.75, 3.05) is 26.2 Å². The maximum Gasteiger partial charge on any atom is 0.251 e. The summed E-state index contributed by atoms with van der Waals surface area (Å²) in [5, 5.41) is 2.96. The number of hydrogen-bond acceptors (Lipinski definition) is 4. The largest absolute Gasteiger partial charge is 0.349 e. The zero-order valence-electron chi connectivity index (χ0n) is 18.3. The van der Waals surface area contributed by atoms with E-state index in [0.717, 1.165) is 0 Å². The van der Waals surface area contributed by atoms with Crippen LogP contribution in [0.1, 0.15) is 36.0 Å². The lowest BCUT2D eigenvalue weighted by Crippen LogP contribution is -2.49. The van der Waals surface area contributed by atoms with Crippen molar-refractivity contribution in [3.05, 3.63) is 66.0 Å². The normalized spacial score (nSPS) is 18.8. The number of nitrogens with zero attached hydrogens (tertiary/aromatic N) is 2. The lowest BCUT2D eigenvalue weighted by Gasteiger charge is -2.37. The fourth-order valence-electron chi connectivity index (χ4n) is 4.46. The van der Waals surface area contributed by atoms with Crippen molar-refractivity contribution in [1.82, 2.24) is 14.5 Å². The summed E-state index contributed by atoms with van der Waals surface area (Å²) in [5.74, 6) is -0.749. The topological polar surface area (TPSA) is 86.8 Å².